The topological polar surface area (TPSA) is 44.8 Å². The van der Waals surface area contributed by atoms with Gasteiger partial charge in [-0.05, 0) is 67.9 Å². The third-order valence-electron chi connectivity index (χ3n) is 3.50. The van der Waals surface area contributed by atoms with Crippen LogP contribution in [0.5, 0.6) is 17.2 Å². The van der Waals surface area contributed by atoms with Crippen LogP contribution in [0, 0.1) is 0 Å². The summed E-state index contributed by atoms with van der Waals surface area (Å²) in [6.45, 7) is 17.9. The zero-order valence-corrected chi connectivity index (χ0v) is 21.5. The van der Waals surface area contributed by atoms with Crippen LogP contribution in [0.4, 0.5) is 0 Å². The number of benzene rings is 2. The molecule has 0 N–H and O–H groups in total. The molecule has 0 saturated carbocycles. The smallest absolute Gasteiger partial charge is 0.490 e. The molecule has 2 aromatic carbocycles. The van der Waals surface area contributed by atoms with Crippen molar-refractivity contribution in [2.75, 3.05) is 0 Å². The Morgan fingerprint density at radius 1 is 0.710 bits per heavy atom. The van der Waals surface area contributed by atoms with Gasteiger partial charge in [-0.15, -0.1) is 5.30 Å². The first-order chi connectivity index (χ1) is 13.6. The largest absolute Gasteiger partial charge is 1.00 e. The molecule has 0 bridgehead atoms. The van der Waals surface area contributed by atoms with Crippen LogP contribution < -0.4 is 38.4 Å². The minimum absolute atomic E-state index is 0. The summed E-state index contributed by atoms with van der Waals surface area (Å²) in [7, 11) is 0.489. The first kappa shape index (κ1) is 27.6. The summed E-state index contributed by atoms with van der Waals surface area (Å²) in [6.07, 6.45) is 0. The van der Waals surface area contributed by atoms with Crippen LogP contribution in [-0.4, -0.2) is 22.3 Å². The molecule has 0 heterocycles. The van der Waals surface area contributed by atoms with Crippen LogP contribution in [0.25, 0.3) is 0 Å². The maximum Gasteiger partial charge on any atom is 1.00 e. The maximum atomic E-state index is 13.0. The summed E-state index contributed by atoms with van der Waals surface area (Å²) in [5, 5.41) is 0.704. The SMILES string of the molecule is CC(C)(C)Oc1cc(OC(C)(C)C)c([P-]C(=O)c2ccccc2)c(OC(C)(C)C)c1.[Li+]. The van der Waals surface area contributed by atoms with Crippen LogP contribution >= 0.6 is 8.58 Å². The van der Waals surface area contributed by atoms with Gasteiger partial charge in [0.2, 0.25) is 0 Å². The number of hydrogen-bond acceptors (Lipinski definition) is 4. The Hall–Kier alpha value is -1.46. The minimum atomic E-state index is -0.445. The van der Waals surface area contributed by atoms with E-state index in [-0.39, 0.29) is 30.0 Å². The fourth-order valence-corrected chi connectivity index (χ4v) is 3.57. The Balaban J connectivity index is 0.00000480. The average Bonchev–Trinajstić information content (AvgIpc) is 2.54. The third-order valence-corrected chi connectivity index (χ3v) is 4.63. The van der Waals surface area contributed by atoms with Gasteiger partial charge in [0.25, 0.3) is 0 Å². The van der Waals surface area contributed by atoms with Crippen molar-refractivity contribution in [2.45, 2.75) is 79.1 Å². The molecule has 0 saturated heterocycles. The van der Waals surface area contributed by atoms with Crippen LogP contribution in [0.1, 0.15) is 72.7 Å². The van der Waals surface area contributed by atoms with Crippen LogP contribution in [0.3, 0.4) is 0 Å². The number of carbonyl (C=O) groups excluding carboxylic acids is 1. The molecule has 0 fully saturated rings. The standard InChI is InChI=1S/C25H34O4P.Li/c1-23(2,3)27-18-15-19(28-24(4,5)6)21(20(16-18)29-25(7,8)9)30-22(26)17-13-11-10-12-14-17;/h10-16H,1-9H3;/q-1;+1. The molecule has 0 unspecified atom stereocenters. The Bertz CT molecular complexity index is 838. The molecule has 0 amide bonds. The maximum absolute atomic E-state index is 13.0. The quantitative estimate of drug-likeness (QED) is 0.513. The van der Waals surface area contributed by atoms with E-state index in [1.807, 2.05) is 105 Å². The summed E-state index contributed by atoms with van der Waals surface area (Å²) >= 11 is 0. The molecule has 6 heteroatoms. The fourth-order valence-electron chi connectivity index (χ4n) is 2.64. The van der Waals surface area contributed by atoms with Gasteiger partial charge in [-0.3, -0.25) is 0 Å². The molecular formula is C25H34LiO4P. The molecule has 0 aliphatic carbocycles. The Morgan fingerprint density at radius 2 is 1.13 bits per heavy atom. The second kappa shape index (κ2) is 10.4. The van der Waals surface area contributed by atoms with E-state index >= 15 is 0 Å². The molecule has 0 radical (unpaired) electrons. The van der Waals surface area contributed by atoms with Gasteiger partial charge in [0.1, 0.15) is 34.1 Å². The summed E-state index contributed by atoms with van der Waals surface area (Å²) in [5.41, 5.74) is -0.633. The van der Waals surface area contributed by atoms with E-state index in [4.69, 9.17) is 14.2 Å². The van der Waals surface area contributed by atoms with E-state index in [0.29, 0.717) is 36.7 Å². The van der Waals surface area contributed by atoms with Crippen molar-refractivity contribution in [3.63, 3.8) is 0 Å². The Labute approximate surface area is 201 Å². The predicted molar refractivity (Wildman–Crippen MR) is 125 cm³/mol. The van der Waals surface area contributed by atoms with Gasteiger partial charge in [-0.25, -0.2) is 0 Å². The predicted octanol–water partition coefficient (Wildman–Crippen LogP) is 3.63. The van der Waals surface area contributed by atoms with Crippen molar-refractivity contribution < 1.29 is 37.9 Å². The third kappa shape index (κ3) is 9.69. The van der Waals surface area contributed by atoms with Gasteiger partial charge in [-0.2, -0.15) is 0 Å². The van der Waals surface area contributed by atoms with Gasteiger partial charge in [0.15, 0.2) is 0 Å². The first-order valence-corrected chi connectivity index (χ1v) is 11.1. The van der Waals surface area contributed by atoms with Crippen molar-refractivity contribution in [1.29, 1.82) is 0 Å². The number of carbonyl (C=O) groups is 1. The van der Waals surface area contributed by atoms with Crippen LogP contribution in [0.15, 0.2) is 42.5 Å². The summed E-state index contributed by atoms with van der Waals surface area (Å²) in [6, 6.07) is 13.0. The molecule has 2 aromatic rings. The summed E-state index contributed by atoms with van der Waals surface area (Å²) in [5.74, 6) is 1.83. The minimum Gasteiger partial charge on any atom is -0.490 e. The normalized spacial score (nSPS) is 12.4. The number of hydrogen-bond donors (Lipinski definition) is 0. The van der Waals surface area contributed by atoms with E-state index in [0.717, 1.165) is 0 Å². The molecule has 0 aliphatic heterocycles. The fraction of sp³-hybridized carbons (Fsp3) is 0.480. The van der Waals surface area contributed by atoms with E-state index in [2.05, 4.69) is 0 Å². The van der Waals surface area contributed by atoms with Gasteiger partial charge in [0, 0.05) is 17.7 Å². The van der Waals surface area contributed by atoms with E-state index in [1.165, 1.54) is 0 Å². The summed E-state index contributed by atoms with van der Waals surface area (Å²) in [4.78, 5) is 13.0. The van der Waals surface area contributed by atoms with Crippen molar-refractivity contribution in [2.24, 2.45) is 0 Å². The van der Waals surface area contributed by atoms with Crippen molar-refractivity contribution in [1.82, 2.24) is 0 Å². The van der Waals surface area contributed by atoms with E-state index < -0.39 is 11.2 Å². The molecular weight excluding hydrogens is 402 g/mol. The second-order valence-corrected chi connectivity index (χ2v) is 11.3. The Morgan fingerprint density at radius 3 is 1.52 bits per heavy atom. The van der Waals surface area contributed by atoms with Gasteiger partial charge < -0.3 is 27.6 Å². The van der Waals surface area contributed by atoms with Gasteiger partial charge in [0.05, 0.1) is 0 Å². The molecule has 0 spiro atoms. The monoisotopic (exact) mass is 436 g/mol. The number of rotatable bonds is 6. The molecule has 31 heavy (non-hydrogen) atoms. The molecule has 0 aliphatic rings. The Kier molecular flexibility index (Phi) is 9.28. The molecule has 4 nitrogen and oxygen atoms in total. The van der Waals surface area contributed by atoms with Crippen molar-refractivity contribution >= 4 is 19.4 Å². The van der Waals surface area contributed by atoms with Crippen molar-refractivity contribution in [3.8, 4) is 17.2 Å². The molecule has 164 valence electrons. The van der Waals surface area contributed by atoms with Crippen LogP contribution in [0.2, 0.25) is 0 Å². The molecule has 0 aromatic heterocycles. The first-order valence-electron chi connectivity index (χ1n) is 10.2. The molecule has 2 rings (SSSR count). The average molecular weight is 436 g/mol. The second-order valence-electron chi connectivity index (χ2n) is 10.2. The zero-order chi connectivity index (χ0) is 22.7. The molecule has 0 atom stereocenters. The van der Waals surface area contributed by atoms with Gasteiger partial charge >= 0.3 is 18.9 Å². The zero-order valence-electron chi connectivity index (χ0n) is 20.6. The van der Waals surface area contributed by atoms with Crippen molar-refractivity contribution in [3.05, 3.63) is 48.0 Å². The number of ether oxygens (including phenoxy) is 3. The van der Waals surface area contributed by atoms with Gasteiger partial charge in [-0.1, -0.05) is 30.3 Å². The van der Waals surface area contributed by atoms with Crippen LogP contribution in [-0.2, 0) is 0 Å². The van der Waals surface area contributed by atoms with E-state index in [1.54, 1.807) is 0 Å². The summed E-state index contributed by atoms with van der Waals surface area (Å²) < 4.78 is 18.6. The van der Waals surface area contributed by atoms with E-state index in [9.17, 15) is 4.79 Å².